The topological polar surface area (TPSA) is 120 Å². The third-order valence-corrected chi connectivity index (χ3v) is 6.13. The number of hydrogen-bond acceptors (Lipinski definition) is 7. The van der Waals surface area contributed by atoms with Crippen LogP contribution in [0.4, 0.5) is 11.4 Å². The fourth-order valence-corrected chi connectivity index (χ4v) is 3.95. The minimum Gasteiger partial charge on any atom is -0.368 e. The molecule has 0 spiro atoms. The number of carbonyl (C=O) groups is 2. The van der Waals surface area contributed by atoms with Gasteiger partial charge >= 0.3 is 0 Å². The van der Waals surface area contributed by atoms with Gasteiger partial charge < -0.3 is 15.1 Å². The Balaban J connectivity index is 1.75. The minimum atomic E-state index is -0.863. The van der Waals surface area contributed by atoms with Crippen LogP contribution in [-0.4, -0.2) is 67.1 Å². The predicted molar refractivity (Wildman–Crippen MR) is 136 cm³/mol. The standard InChI is InChI=1S/C24H29ClN6O4/c1-16(2)22(27-23(32)19-6-4-5-7-20(19)25)24(33)28-26-15-17-14-18(31(34)35)8-9-21(17)30-12-10-29(3)11-13-30/h4-9,14-16,22H,10-13H2,1-3H3,(H,27,32)(H,28,33). The zero-order chi connectivity index (χ0) is 25.5. The molecule has 2 aromatic rings. The van der Waals surface area contributed by atoms with Gasteiger partial charge in [-0.1, -0.05) is 37.6 Å². The molecule has 2 N–H and O–H groups in total. The quantitative estimate of drug-likeness (QED) is 0.326. The van der Waals surface area contributed by atoms with E-state index in [0.29, 0.717) is 5.56 Å². The summed E-state index contributed by atoms with van der Waals surface area (Å²) in [6, 6.07) is 10.3. The number of anilines is 1. The van der Waals surface area contributed by atoms with Gasteiger partial charge in [0.15, 0.2) is 0 Å². The van der Waals surface area contributed by atoms with Crippen molar-refractivity contribution in [1.82, 2.24) is 15.6 Å². The lowest BCUT2D eigenvalue weighted by atomic mass is 10.0. The molecular weight excluding hydrogens is 472 g/mol. The molecule has 10 nitrogen and oxygen atoms in total. The first-order valence-corrected chi connectivity index (χ1v) is 11.7. The third-order valence-electron chi connectivity index (χ3n) is 5.80. The van der Waals surface area contributed by atoms with Crippen molar-refractivity contribution in [2.45, 2.75) is 19.9 Å². The highest BCUT2D eigenvalue weighted by Gasteiger charge is 2.25. The number of likely N-dealkylation sites (N-methyl/N-ethyl adjacent to an activating group) is 1. The summed E-state index contributed by atoms with van der Waals surface area (Å²) in [6.07, 6.45) is 1.39. The number of benzene rings is 2. The van der Waals surface area contributed by atoms with E-state index in [2.05, 4.69) is 25.6 Å². The summed E-state index contributed by atoms with van der Waals surface area (Å²) in [7, 11) is 2.04. The van der Waals surface area contributed by atoms with Gasteiger partial charge in [-0.25, -0.2) is 5.43 Å². The molecule has 1 saturated heterocycles. The third kappa shape index (κ3) is 6.77. The van der Waals surface area contributed by atoms with E-state index in [0.717, 1.165) is 31.9 Å². The van der Waals surface area contributed by atoms with Crippen molar-refractivity contribution in [1.29, 1.82) is 0 Å². The van der Waals surface area contributed by atoms with E-state index < -0.39 is 22.8 Å². The molecule has 3 rings (SSSR count). The maximum atomic E-state index is 12.8. The highest BCUT2D eigenvalue weighted by Crippen LogP contribution is 2.25. The van der Waals surface area contributed by atoms with Crippen LogP contribution in [0.1, 0.15) is 29.8 Å². The number of nitro benzene ring substituents is 1. The van der Waals surface area contributed by atoms with Crippen LogP contribution < -0.4 is 15.6 Å². The van der Waals surface area contributed by atoms with Crippen molar-refractivity contribution in [3.63, 3.8) is 0 Å². The molecule has 0 bridgehead atoms. The lowest BCUT2D eigenvalue weighted by Gasteiger charge is -2.34. The normalized spacial score (nSPS) is 15.3. The van der Waals surface area contributed by atoms with Gasteiger partial charge in [-0.05, 0) is 31.2 Å². The van der Waals surface area contributed by atoms with Crippen LogP contribution in [0.2, 0.25) is 5.02 Å². The van der Waals surface area contributed by atoms with E-state index in [1.54, 1.807) is 44.2 Å². The summed E-state index contributed by atoms with van der Waals surface area (Å²) in [5.74, 6) is -1.21. The van der Waals surface area contributed by atoms with Gasteiger partial charge in [-0.2, -0.15) is 5.10 Å². The van der Waals surface area contributed by atoms with Crippen molar-refractivity contribution in [3.8, 4) is 0 Å². The van der Waals surface area contributed by atoms with E-state index in [-0.39, 0.29) is 22.2 Å². The monoisotopic (exact) mass is 500 g/mol. The molecule has 2 amide bonds. The van der Waals surface area contributed by atoms with Crippen LogP contribution in [0.5, 0.6) is 0 Å². The van der Waals surface area contributed by atoms with E-state index in [1.165, 1.54) is 18.3 Å². The van der Waals surface area contributed by atoms with Crippen molar-refractivity contribution in [2.24, 2.45) is 11.0 Å². The number of carbonyl (C=O) groups excluding carboxylic acids is 2. The highest BCUT2D eigenvalue weighted by molar-refractivity contribution is 6.33. The second-order valence-electron chi connectivity index (χ2n) is 8.70. The first-order valence-electron chi connectivity index (χ1n) is 11.3. The van der Waals surface area contributed by atoms with Crippen molar-refractivity contribution >= 4 is 41.0 Å². The molecule has 35 heavy (non-hydrogen) atoms. The molecule has 11 heteroatoms. The number of piperazine rings is 1. The number of non-ortho nitro benzene ring substituents is 1. The van der Waals surface area contributed by atoms with E-state index >= 15 is 0 Å². The fourth-order valence-electron chi connectivity index (χ4n) is 3.73. The maximum absolute atomic E-state index is 12.8. The molecule has 186 valence electrons. The number of hydrazone groups is 1. The van der Waals surface area contributed by atoms with Crippen LogP contribution in [0.25, 0.3) is 0 Å². The van der Waals surface area contributed by atoms with E-state index in [4.69, 9.17) is 11.6 Å². The Bertz CT molecular complexity index is 1110. The minimum absolute atomic E-state index is 0.0669. The summed E-state index contributed by atoms with van der Waals surface area (Å²) in [5, 5.41) is 18.3. The maximum Gasteiger partial charge on any atom is 0.270 e. The number of rotatable bonds is 8. The summed E-state index contributed by atoms with van der Waals surface area (Å²) < 4.78 is 0. The molecule has 0 aromatic heterocycles. The predicted octanol–water partition coefficient (Wildman–Crippen LogP) is 2.90. The molecule has 1 atom stereocenters. The Morgan fingerprint density at radius 3 is 2.46 bits per heavy atom. The summed E-state index contributed by atoms with van der Waals surface area (Å²) in [5.41, 5.74) is 3.98. The molecule has 1 unspecified atom stereocenters. The van der Waals surface area contributed by atoms with E-state index in [9.17, 15) is 19.7 Å². The van der Waals surface area contributed by atoms with Crippen molar-refractivity contribution in [3.05, 3.63) is 68.7 Å². The Kier molecular flexibility index (Phi) is 8.78. The van der Waals surface area contributed by atoms with Crippen LogP contribution in [0, 0.1) is 16.0 Å². The number of hydrogen-bond donors (Lipinski definition) is 2. The second-order valence-corrected chi connectivity index (χ2v) is 9.11. The molecule has 1 aliphatic heterocycles. The molecule has 2 aromatic carbocycles. The molecular formula is C24H29ClN6O4. The summed E-state index contributed by atoms with van der Waals surface area (Å²) in [6.45, 7) is 6.87. The summed E-state index contributed by atoms with van der Waals surface area (Å²) >= 11 is 6.10. The lowest BCUT2D eigenvalue weighted by Crippen LogP contribution is -2.48. The molecule has 0 radical (unpaired) electrons. The average molecular weight is 501 g/mol. The van der Waals surface area contributed by atoms with Crippen LogP contribution in [0.15, 0.2) is 47.6 Å². The molecule has 0 aliphatic carbocycles. The zero-order valence-electron chi connectivity index (χ0n) is 19.9. The van der Waals surface area contributed by atoms with Crippen molar-refractivity contribution in [2.75, 3.05) is 38.1 Å². The van der Waals surface area contributed by atoms with Gasteiger partial charge in [-0.15, -0.1) is 0 Å². The first kappa shape index (κ1) is 26.1. The van der Waals surface area contributed by atoms with Crippen LogP contribution >= 0.6 is 11.6 Å². The van der Waals surface area contributed by atoms with Gasteiger partial charge in [0.05, 0.1) is 21.7 Å². The average Bonchev–Trinajstić information content (AvgIpc) is 2.83. The molecule has 1 fully saturated rings. The Hall–Kier alpha value is -3.50. The second kappa shape index (κ2) is 11.8. The van der Waals surface area contributed by atoms with Gasteiger partial charge in [0, 0.05) is 49.6 Å². The van der Waals surface area contributed by atoms with Gasteiger partial charge in [0.1, 0.15) is 6.04 Å². The van der Waals surface area contributed by atoms with Crippen molar-refractivity contribution < 1.29 is 14.5 Å². The first-order chi connectivity index (χ1) is 16.7. The van der Waals surface area contributed by atoms with Gasteiger partial charge in [0.2, 0.25) is 0 Å². The molecule has 1 heterocycles. The SMILES string of the molecule is CC(C)C(NC(=O)c1ccccc1Cl)C(=O)NN=Cc1cc([N+](=O)[O-])ccc1N1CCN(C)CC1. The van der Waals surface area contributed by atoms with Gasteiger partial charge in [0.25, 0.3) is 17.5 Å². The van der Waals surface area contributed by atoms with Crippen LogP contribution in [0.3, 0.4) is 0 Å². The Labute approximate surface area is 209 Å². The molecule has 0 saturated carbocycles. The van der Waals surface area contributed by atoms with E-state index in [1.807, 2.05) is 7.05 Å². The largest absolute Gasteiger partial charge is 0.368 e. The number of halogens is 1. The number of amides is 2. The fraction of sp³-hybridized carbons (Fsp3) is 0.375. The lowest BCUT2D eigenvalue weighted by molar-refractivity contribution is -0.384. The Morgan fingerprint density at radius 2 is 1.83 bits per heavy atom. The summed E-state index contributed by atoms with van der Waals surface area (Å²) in [4.78, 5) is 40.6. The highest BCUT2D eigenvalue weighted by atomic mass is 35.5. The number of nitro groups is 1. The Morgan fingerprint density at radius 1 is 1.14 bits per heavy atom. The number of nitrogens with one attached hydrogen (secondary N) is 2. The van der Waals surface area contributed by atoms with Crippen LogP contribution in [-0.2, 0) is 4.79 Å². The zero-order valence-corrected chi connectivity index (χ0v) is 20.7. The molecule has 1 aliphatic rings. The smallest absolute Gasteiger partial charge is 0.270 e. The van der Waals surface area contributed by atoms with Gasteiger partial charge in [-0.3, -0.25) is 19.7 Å². The number of nitrogens with zero attached hydrogens (tertiary/aromatic N) is 4.